The Labute approximate surface area is 226 Å². The van der Waals surface area contributed by atoms with Gasteiger partial charge in [-0.15, -0.1) is 0 Å². The number of rotatable bonds is 4. The molecule has 2 aliphatic heterocycles. The lowest BCUT2D eigenvalue weighted by molar-refractivity contribution is 1.21. The normalized spacial score (nSPS) is 12.1. The number of aromatic amines is 2. The summed E-state index contributed by atoms with van der Waals surface area (Å²) in [6, 6.07) is 27.0. The maximum Gasteiger partial charge on any atom is 0.0726 e. The Morgan fingerprint density at radius 1 is 0.667 bits per heavy atom. The van der Waals surface area contributed by atoms with Crippen LogP contribution >= 0.6 is 0 Å². The van der Waals surface area contributed by atoms with Gasteiger partial charge in [-0.25, -0.2) is 9.97 Å². The highest BCUT2D eigenvalue weighted by Crippen LogP contribution is 2.33. The van der Waals surface area contributed by atoms with Crippen LogP contribution in [-0.2, 0) is 6.42 Å². The van der Waals surface area contributed by atoms with Crippen molar-refractivity contribution < 1.29 is 0 Å². The molecule has 2 N–H and O–H groups in total. The fourth-order valence-electron chi connectivity index (χ4n) is 5.10. The number of fused-ring (bicyclic) bond motifs is 8. The van der Waals surface area contributed by atoms with E-state index in [1.807, 2.05) is 42.6 Å². The van der Waals surface area contributed by atoms with E-state index in [2.05, 4.69) is 89.4 Å². The van der Waals surface area contributed by atoms with Crippen molar-refractivity contribution in [1.82, 2.24) is 24.9 Å². The van der Waals surface area contributed by atoms with Crippen molar-refractivity contribution in [3.63, 3.8) is 0 Å². The molecule has 2 aliphatic rings. The van der Waals surface area contributed by atoms with Gasteiger partial charge in [-0.2, -0.15) is 0 Å². The summed E-state index contributed by atoms with van der Waals surface area (Å²) in [6.07, 6.45) is 12.6. The zero-order valence-corrected chi connectivity index (χ0v) is 21.2. The van der Waals surface area contributed by atoms with E-state index < -0.39 is 0 Å². The number of H-pyrrole nitrogens is 2. The summed E-state index contributed by atoms with van der Waals surface area (Å²) in [4.78, 5) is 21.6. The van der Waals surface area contributed by atoms with Crippen LogP contribution in [-0.4, -0.2) is 24.9 Å². The van der Waals surface area contributed by atoms with Crippen LogP contribution in [0.1, 0.15) is 39.5 Å². The van der Waals surface area contributed by atoms with Crippen molar-refractivity contribution in [3.05, 3.63) is 131 Å². The first kappa shape index (κ1) is 22.9. The third-order valence-corrected chi connectivity index (χ3v) is 6.97. The Morgan fingerprint density at radius 2 is 1.31 bits per heavy atom. The van der Waals surface area contributed by atoms with Gasteiger partial charge in [0.15, 0.2) is 0 Å². The predicted molar refractivity (Wildman–Crippen MR) is 161 cm³/mol. The molecular formula is C34H25N5. The first-order valence-corrected chi connectivity index (χ1v) is 12.9. The molecule has 0 atom stereocenters. The summed E-state index contributed by atoms with van der Waals surface area (Å²) in [5, 5.41) is 0. The fourth-order valence-corrected chi connectivity index (χ4v) is 5.10. The van der Waals surface area contributed by atoms with Crippen molar-refractivity contribution >= 4 is 52.4 Å². The first-order valence-electron chi connectivity index (χ1n) is 12.9. The van der Waals surface area contributed by atoms with Gasteiger partial charge < -0.3 is 9.97 Å². The van der Waals surface area contributed by atoms with Crippen LogP contribution in [0.2, 0.25) is 0 Å². The lowest BCUT2D eigenvalue weighted by Crippen LogP contribution is -1.92. The summed E-state index contributed by atoms with van der Waals surface area (Å²) in [5.41, 5.74) is 13.0. The summed E-state index contributed by atoms with van der Waals surface area (Å²) in [5.74, 6) is 0. The molecule has 0 fully saturated rings. The van der Waals surface area contributed by atoms with Gasteiger partial charge in [0.1, 0.15) is 0 Å². The largest absolute Gasteiger partial charge is 0.355 e. The molecule has 0 unspecified atom stereocenters. The topological polar surface area (TPSA) is 70.2 Å². The number of pyridine rings is 1. The van der Waals surface area contributed by atoms with Crippen LogP contribution in [0, 0.1) is 0 Å². The molecule has 0 radical (unpaired) electrons. The number of hydrogen-bond acceptors (Lipinski definition) is 3. The minimum Gasteiger partial charge on any atom is -0.355 e. The molecule has 0 amide bonds. The number of aromatic nitrogens is 5. The molecular weight excluding hydrogens is 478 g/mol. The lowest BCUT2D eigenvalue weighted by Gasteiger charge is -2.06. The molecule has 0 saturated carbocycles. The second-order valence-electron chi connectivity index (χ2n) is 9.68. The van der Waals surface area contributed by atoms with Gasteiger partial charge in [0.25, 0.3) is 0 Å². The van der Waals surface area contributed by atoms with Crippen molar-refractivity contribution in [2.75, 3.05) is 0 Å². The second-order valence-corrected chi connectivity index (χ2v) is 9.68. The monoisotopic (exact) mass is 503 g/mol. The van der Waals surface area contributed by atoms with Crippen molar-refractivity contribution in [2.24, 2.45) is 0 Å². The van der Waals surface area contributed by atoms with Crippen molar-refractivity contribution in [3.8, 4) is 11.3 Å². The van der Waals surface area contributed by atoms with Gasteiger partial charge in [-0.05, 0) is 89.5 Å². The van der Waals surface area contributed by atoms with Gasteiger partial charge in [0.05, 0.1) is 34.0 Å². The molecule has 5 heteroatoms. The smallest absolute Gasteiger partial charge is 0.0726 e. The molecule has 7 rings (SSSR count). The van der Waals surface area contributed by atoms with Gasteiger partial charge >= 0.3 is 0 Å². The molecule has 8 bridgehead atoms. The summed E-state index contributed by atoms with van der Waals surface area (Å²) in [7, 11) is 0. The molecule has 5 nitrogen and oxygen atoms in total. The molecule has 0 spiro atoms. The Bertz CT molecular complexity index is 1940. The Morgan fingerprint density at radius 3 is 1.92 bits per heavy atom. The van der Waals surface area contributed by atoms with Gasteiger partial charge in [-0.1, -0.05) is 43.0 Å². The average Bonchev–Trinajstić information content (AvgIpc) is 3.75. The molecule has 0 saturated heterocycles. The summed E-state index contributed by atoms with van der Waals surface area (Å²) >= 11 is 0. The van der Waals surface area contributed by atoms with E-state index >= 15 is 0 Å². The molecule has 1 aromatic carbocycles. The molecule has 39 heavy (non-hydrogen) atoms. The van der Waals surface area contributed by atoms with Crippen LogP contribution < -0.4 is 0 Å². The standard InChI is InChI=1S/C34H25N5/c1-2-22-6-8-23(9-7-22)17-30-32-20-28-14-12-26(37-28)18-24-10-11-25(36-24)19-27-13-15-29(38-27)21-33(39-32)34(30)31-5-3-4-16-35-31/h2-16,18-21,36,39H,1,17H2. The number of nitrogens with zero attached hydrogens (tertiary/aromatic N) is 3. The highest BCUT2D eigenvalue weighted by molar-refractivity contribution is 5.91. The average molecular weight is 504 g/mol. The Hall–Kier alpha value is -5.29. The van der Waals surface area contributed by atoms with E-state index in [1.165, 1.54) is 5.56 Å². The van der Waals surface area contributed by atoms with Crippen LogP contribution in [0.15, 0.2) is 91.6 Å². The van der Waals surface area contributed by atoms with E-state index in [0.29, 0.717) is 0 Å². The minimum absolute atomic E-state index is 0.734. The minimum atomic E-state index is 0.734. The molecule has 186 valence electrons. The van der Waals surface area contributed by atoms with Gasteiger partial charge in [0, 0.05) is 34.7 Å². The molecule has 0 aliphatic carbocycles. The second kappa shape index (κ2) is 9.54. The quantitative estimate of drug-likeness (QED) is 0.256. The lowest BCUT2D eigenvalue weighted by atomic mass is 9.98. The number of benzene rings is 1. The molecule has 6 heterocycles. The zero-order valence-electron chi connectivity index (χ0n) is 21.2. The van der Waals surface area contributed by atoms with E-state index in [4.69, 9.17) is 15.0 Å². The maximum absolute atomic E-state index is 4.88. The van der Waals surface area contributed by atoms with E-state index in [-0.39, 0.29) is 0 Å². The third kappa shape index (κ3) is 4.62. The Kier molecular flexibility index (Phi) is 5.60. The Balaban J connectivity index is 1.55. The first-order chi connectivity index (χ1) is 19.2. The van der Waals surface area contributed by atoms with E-state index in [9.17, 15) is 0 Å². The number of hydrogen-bond donors (Lipinski definition) is 2. The van der Waals surface area contributed by atoms with Crippen molar-refractivity contribution in [2.45, 2.75) is 6.42 Å². The van der Waals surface area contributed by atoms with Crippen LogP contribution in [0.25, 0.3) is 63.7 Å². The van der Waals surface area contributed by atoms with Crippen molar-refractivity contribution in [1.29, 1.82) is 0 Å². The molecule has 4 aromatic heterocycles. The molecule has 5 aromatic rings. The van der Waals surface area contributed by atoms with Gasteiger partial charge in [-0.3, -0.25) is 4.98 Å². The zero-order chi connectivity index (χ0) is 26.2. The highest BCUT2D eigenvalue weighted by atomic mass is 14.8. The summed E-state index contributed by atoms with van der Waals surface area (Å²) < 4.78 is 0. The maximum atomic E-state index is 4.88. The number of nitrogens with one attached hydrogen (secondary N) is 2. The van der Waals surface area contributed by atoms with Crippen LogP contribution in [0.5, 0.6) is 0 Å². The summed E-state index contributed by atoms with van der Waals surface area (Å²) in [6.45, 7) is 3.89. The fraction of sp³-hybridized carbons (Fsp3) is 0.0294. The van der Waals surface area contributed by atoms with Crippen LogP contribution in [0.3, 0.4) is 0 Å². The van der Waals surface area contributed by atoms with Crippen LogP contribution in [0.4, 0.5) is 0 Å². The predicted octanol–water partition coefficient (Wildman–Crippen LogP) is 7.95. The highest BCUT2D eigenvalue weighted by Gasteiger charge is 2.16. The van der Waals surface area contributed by atoms with E-state index in [1.54, 1.807) is 0 Å². The SMILES string of the molecule is C=Cc1ccc(Cc2c(-c3ccccn3)c3cc4nc(cc5ccc(cc6nc(cc2[nH]3)C=C6)[nH]5)C=C4)cc1. The van der Waals surface area contributed by atoms with Gasteiger partial charge in [0.2, 0.25) is 0 Å². The third-order valence-electron chi connectivity index (χ3n) is 6.97. The van der Waals surface area contributed by atoms with E-state index in [0.717, 1.165) is 73.6 Å².